The Bertz CT molecular complexity index is 58.7. The van der Waals surface area contributed by atoms with Gasteiger partial charge in [-0.1, -0.05) is 0 Å². The molecule has 0 N–H and O–H groups in total. The maximum atomic E-state index is 5.39. The number of rotatable bonds is 2. The smallest absolute Gasteiger partial charge is 0.0989 e. The van der Waals surface area contributed by atoms with E-state index in [1.807, 2.05) is 0 Å². The van der Waals surface area contributed by atoms with Gasteiger partial charge in [0.25, 0.3) is 0 Å². The zero-order valence-corrected chi connectivity index (χ0v) is 5.24. The molecule has 1 fully saturated rings. The van der Waals surface area contributed by atoms with Gasteiger partial charge in [0.05, 0.1) is 24.0 Å². The number of hydrogen-bond donors (Lipinski definition) is 0. The standard InChI is InChI=1S/C4H6Cl2O/c5-1-3-4(2-6)7-3/h3-4H,1-2H2. The van der Waals surface area contributed by atoms with Crippen molar-refractivity contribution in [1.82, 2.24) is 0 Å². The Morgan fingerprint density at radius 2 is 1.57 bits per heavy atom. The van der Waals surface area contributed by atoms with Crippen LogP contribution in [0.1, 0.15) is 0 Å². The van der Waals surface area contributed by atoms with Gasteiger partial charge in [-0.15, -0.1) is 23.2 Å². The van der Waals surface area contributed by atoms with Gasteiger partial charge in [-0.25, -0.2) is 0 Å². The molecule has 0 aliphatic carbocycles. The summed E-state index contributed by atoms with van der Waals surface area (Å²) in [6, 6.07) is 0. The summed E-state index contributed by atoms with van der Waals surface area (Å²) in [4.78, 5) is 0. The van der Waals surface area contributed by atoms with Crippen molar-refractivity contribution in [2.75, 3.05) is 11.8 Å². The largest absolute Gasteiger partial charge is 0.367 e. The Morgan fingerprint density at radius 3 is 1.71 bits per heavy atom. The lowest BCUT2D eigenvalue weighted by Gasteiger charge is -1.75. The molecule has 0 amide bonds. The second kappa shape index (κ2) is 2.21. The van der Waals surface area contributed by atoms with E-state index in [1.165, 1.54) is 0 Å². The number of hydrogen-bond acceptors (Lipinski definition) is 1. The minimum Gasteiger partial charge on any atom is -0.367 e. The monoisotopic (exact) mass is 140 g/mol. The quantitative estimate of drug-likeness (QED) is 0.416. The minimum absolute atomic E-state index is 0.249. The molecule has 7 heavy (non-hydrogen) atoms. The molecule has 1 aliphatic rings. The number of epoxide rings is 1. The molecule has 0 aromatic rings. The van der Waals surface area contributed by atoms with Crippen molar-refractivity contribution in [3.8, 4) is 0 Å². The van der Waals surface area contributed by atoms with Crippen LogP contribution in [0.4, 0.5) is 0 Å². The Morgan fingerprint density at radius 1 is 1.14 bits per heavy atom. The summed E-state index contributed by atoms with van der Waals surface area (Å²) < 4.78 is 4.95. The molecule has 1 saturated heterocycles. The van der Waals surface area contributed by atoms with Crippen molar-refractivity contribution >= 4 is 23.2 Å². The van der Waals surface area contributed by atoms with Crippen LogP contribution in [0.25, 0.3) is 0 Å². The van der Waals surface area contributed by atoms with E-state index in [1.54, 1.807) is 0 Å². The topological polar surface area (TPSA) is 12.5 Å². The van der Waals surface area contributed by atoms with Gasteiger partial charge in [0.1, 0.15) is 0 Å². The summed E-state index contributed by atoms with van der Waals surface area (Å²) in [5.41, 5.74) is 0. The van der Waals surface area contributed by atoms with Crippen molar-refractivity contribution in [2.24, 2.45) is 0 Å². The fourth-order valence-electron chi connectivity index (χ4n) is 0.451. The third kappa shape index (κ3) is 1.21. The molecule has 3 heteroatoms. The average molecular weight is 141 g/mol. The molecule has 1 heterocycles. The SMILES string of the molecule is ClCC1OC1CCl. The normalized spacial score (nSPS) is 38.6. The van der Waals surface area contributed by atoms with Gasteiger partial charge in [0.15, 0.2) is 0 Å². The van der Waals surface area contributed by atoms with Crippen molar-refractivity contribution in [3.05, 3.63) is 0 Å². The Hall–Kier alpha value is 0.540. The first-order chi connectivity index (χ1) is 3.38. The lowest BCUT2D eigenvalue weighted by molar-refractivity contribution is 0.391. The minimum atomic E-state index is 0.249. The molecule has 2 atom stereocenters. The first kappa shape index (κ1) is 5.67. The van der Waals surface area contributed by atoms with E-state index in [2.05, 4.69) is 0 Å². The summed E-state index contributed by atoms with van der Waals surface area (Å²) in [7, 11) is 0. The predicted octanol–water partition coefficient (Wildman–Crippen LogP) is 1.23. The molecule has 2 unspecified atom stereocenters. The van der Waals surface area contributed by atoms with Crippen LogP contribution >= 0.6 is 23.2 Å². The van der Waals surface area contributed by atoms with Crippen molar-refractivity contribution in [3.63, 3.8) is 0 Å². The summed E-state index contributed by atoms with van der Waals surface area (Å²) >= 11 is 10.8. The molecular weight excluding hydrogens is 135 g/mol. The van der Waals surface area contributed by atoms with Crippen molar-refractivity contribution in [2.45, 2.75) is 12.2 Å². The average Bonchev–Trinajstić information content (AvgIpc) is 2.43. The molecule has 1 rings (SSSR count). The summed E-state index contributed by atoms with van der Waals surface area (Å²) in [6.45, 7) is 0. The molecule has 0 aromatic carbocycles. The highest BCUT2D eigenvalue weighted by atomic mass is 35.5. The molecule has 42 valence electrons. The first-order valence-corrected chi connectivity index (χ1v) is 3.22. The Balaban J connectivity index is 2.06. The van der Waals surface area contributed by atoms with Crippen LogP contribution in [0.2, 0.25) is 0 Å². The van der Waals surface area contributed by atoms with E-state index in [-0.39, 0.29) is 12.2 Å². The third-order valence-corrected chi connectivity index (χ3v) is 1.60. The molecule has 0 saturated carbocycles. The van der Waals surface area contributed by atoms with E-state index in [0.717, 1.165) is 0 Å². The fraction of sp³-hybridized carbons (Fsp3) is 1.00. The molecular formula is C4H6Cl2O. The molecule has 0 bridgehead atoms. The van der Waals surface area contributed by atoms with Gasteiger partial charge in [0, 0.05) is 0 Å². The van der Waals surface area contributed by atoms with E-state index in [9.17, 15) is 0 Å². The molecule has 1 nitrogen and oxygen atoms in total. The Labute approximate surface area is 52.5 Å². The van der Waals surface area contributed by atoms with Gasteiger partial charge in [-0.05, 0) is 0 Å². The van der Waals surface area contributed by atoms with Crippen LogP contribution < -0.4 is 0 Å². The first-order valence-electron chi connectivity index (χ1n) is 2.16. The van der Waals surface area contributed by atoms with Crippen molar-refractivity contribution < 1.29 is 4.74 Å². The van der Waals surface area contributed by atoms with Crippen LogP contribution in [-0.2, 0) is 4.74 Å². The van der Waals surface area contributed by atoms with Gasteiger partial charge >= 0.3 is 0 Å². The second-order valence-corrected chi connectivity index (χ2v) is 2.14. The number of halogens is 2. The highest BCUT2D eigenvalue weighted by Gasteiger charge is 2.36. The van der Waals surface area contributed by atoms with E-state index in [0.29, 0.717) is 11.8 Å². The maximum Gasteiger partial charge on any atom is 0.0989 e. The van der Waals surface area contributed by atoms with Gasteiger partial charge in [-0.2, -0.15) is 0 Å². The van der Waals surface area contributed by atoms with Crippen LogP contribution in [0, 0.1) is 0 Å². The van der Waals surface area contributed by atoms with Crippen LogP contribution in [-0.4, -0.2) is 24.0 Å². The van der Waals surface area contributed by atoms with Gasteiger partial charge < -0.3 is 4.74 Å². The third-order valence-electron chi connectivity index (χ3n) is 0.992. The zero-order valence-electron chi connectivity index (χ0n) is 3.73. The molecule has 0 radical (unpaired) electrons. The van der Waals surface area contributed by atoms with E-state index in [4.69, 9.17) is 27.9 Å². The van der Waals surface area contributed by atoms with Crippen molar-refractivity contribution in [1.29, 1.82) is 0 Å². The highest BCUT2D eigenvalue weighted by Crippen LogP contribution is 2.23. The van der Waals surface area contributed by atoms with Crippen LogP contribution in [0.3, 0.4) is 0 Å². The lowest BCUT2D eigenvalue weighted by atomic mass is 10.4. The number of ether oxygens (including phenoxy) is 1. The zero-order chi connectivity index (χ0) is 5.28. The van der Waals surface area contributed by atoms with Gasteiger partial charge in [-0.3, -0.25) is 0 Å². The number of alkyl halides is 2. The summed E-state index contributed by atoms with van der Waals surface area (Å²) in [6.07, 6.45) is 0.498. The molecule has 0 aromatic heterocycles. The predicted molar refractivity (Wildman–Crippen MR) is 30.1 cm³/mol. The highest BCUT2D eigenvalue weighted by molar-refractivity contribution is 6.19. The lowest BCUT2D eigenvalue weighted by Crippen LogP contribution is -1.94. The van der Waals surface area contributed by atoms with Gasteiger partial charge in [0.2, 0.25) is 0 Å². The molecule has 1 aliphatic heterocycles. The Kier molecular flexibility index (Phi) is 1.79. The fourth-order valence-corrected chi connectivity index (χ4v) is 0.994. The summed E-state index contributed by atoms with van der Waals surface area (Å²) in [5.74, 6) is 1.16. The van der Waals surface area contributed by atoms with E-state index >= 15 is 0 Å². The second-order valence-electron chi connectivity index (χ2n) is 1.52. The summed E-state index contributed by atoms with van der Waals surface area (Å²) in [5, 5.41) is 0. The van der Waals surface area contributed by atoms with Crippen LogP contribution in [0.5, 0.6) is 0 Å². The molecule has 0 spiro atoms. The van der Waals surface area contributed by atoms with E-state index < -0.39 is 0 Å². The van der Waals surface area contributed by atoms with Crippen LogP contribution in [0.15, 0.2) is 0 Å². The maximum absolute atomic E-state index is 5.39.